The Kier molecular flexibility index (Phi) is 3.73. The molecule has 0 aliphatic carbocycles. The van der Waals surface area contributed by atoms with Gasteiger partial charge in [0.1, 0.15) is 0 Å². The molecule has 1 aromatic rings. The molecule has 0 aromatic carbocycles. The maximum atomic E-state index is 10.7. The van der Waals surface area contributed by atoms with Crippen molar-refractivity contribution in [2.75, 3.05) is 0 Å². The predicted octanol–water partition coefficient (Wildman–Crippen LogP) is 2.25. The van der Waals surface area contributed by atoms with Gasteiger partial charge in [0.2, 0.25) is 0 Å². The van der Waals surface area contributed by atoms with Gasteiger partial charge in [0.05, 0.1) is 12.1 Å². The van der Waals surface area contributed by atoms with Gasteiger partial charge in [-0.1, -0.05) is 13.8 Å². The van der Waals surface area contributed by atoms with E-state index < -0.39 is 5.97 Å². The molecule has 0 saturated carbocycles. The zero-order valence-electron chi connectivity index (χ0n) is 10.4. The van der Waals surface area contributed by atoms with Crippen LogP contribution in [0.15, 0.2) is 6.07 Å². The first-order chi connectivity index (χ1) is 7.34. The monoisotopic (exact) mass is 224 g/mol. The standard InChI is InChI=1S/C12H20N2O2/c1-5-14-10(6-9(2)13-14)7-12(3,4)8-11(15)16/h6H,5,7-8H2,1-4H3,(H,15,16). The van der Waals surface area contributed by atoms with Crippen molar-refractivity contribution < 1.29 is 9.90 Å². The zero-order valence-corrected chi connectivity index (χ0v) is 10.4. The van der Waals surface area contributed by atoms with Crippen molar-refractivity contribution in [1.82, 2.24) is 9.78 Å². The summed E-state index contributed by atoms with van der Waals surface area (Å²) in [5, 5.41) is 13.2. The van der Waals surface area contributed by atoms with Crippen molar-refractivity contribution in [3.05, 3.63) is 17.5 Å². The lowest BCUT2D eigenvalue weighted by atomic mass is 9.84. The second-order valence-corrected chi connectivity index (χ2v) is 5.00. The zero-order chi connectivity index (χ0) is 12.3. The van der Waals surface area contributed by atoms with Crippen LogP contribution in [0.2, 0.25) is 0 Å². The molecule has 0 bridgehead atoms. The van der Waals surface area contributed by atoms with Gasteiger partial charge in [-0.25, -0.2) is 0 Å². The molecule has 0 aliphatic rings. The minimum Gasteiger partial charge on any atom is -0.481 e. The van der Waals surface area contributed by atoms with Gasteiger partial charge in [0.15, 0.2) is 0 Å². The highest BCUT2D eigenvalue weighted by atomic mass is 16.4. The summed E-state index contributed by atoms with van der Waals surface area (Å²) in [5.74, 6) is -0.746. The second kappa shape index (κ2) is 4.68. The first-order valence-electron chi connectivity index (χ1n) is 5.59. The molecule has 0 saturated heterocycles. The molecule has 16 heavy (non-hydrogen) atoms. The number of hydrogen-bond donors (Lipinski definition) is 1. The molecule has 1 aromatic heterocycles. The number of aliphatic carboxylic acids is 1. The average molecular weight is 224 g/mol. The predicted molar refractivity (Wildman–Crippen MR) is 62.4 cm³/mol. The average Bonchev–Trinajstić information content (AvgIpc) is 2.42. The van der Waals surface area contributed by atoms with E-state index in [9.17, 15) is 4.79 Å². The van der Waals surface area contributed by atoms with Gasteiger partial charge in [-0.15, -0.1) is 0 Å². The first kappa shape index (κ1) is 12.7. The van der Waals surface area contributed by atoms with Crippen LogP contribution in [0.1, 0.15) is 38.6 Å². The van der Waals surface area contributed by atoms with Crippen LogP contribution in [-0.4, -0.2) is 20.9 Å². The van der Waals surface area contributed by atoms with E-state index in [0.29, 0.717) is 0 Å². The van der Waals surface area contributed by atoms with Gasteiger partial charge in [0.25, 0.3) is 0 Å². The summed E-state index contributed by atoms with van der Waals surface area (Å²) < 4.78 is 1.94. The van der Waals surface area contributed by atoms with Gasteiger partial charge in [0, 0.05) is 12.2 Å². The van der Waals surface area contributed by atoms with E-state index in [1.807, 2.05) is 38.4 Å². The molecule has 1 rings (SSSR count). The molecule has 0 spiro atoms. The van der Waals surface area contributed by atoms with E-state index in [4.69, 9.17) is 5.11 Å². The van der Waals surface area contributed by atoms with E-state index in [2.05, 4.69) is 5.10 Å². The third-order valence-corrected chi connectivity index (χ3v) is 2.57. The van der Waals surface area contributed by atoms with Crippen LogP contribution >= 0.6 is 0 Å². The van der Waals surface area contributed by atoms with Gasteiger partial charge in [-0.2, -0.15) is 5.10 Å². The Hall–Kier alpha value is -1.32. The number of aromatic nitrogens is 2. The van der Waals surface area contributed by atoms with Gasteiger partial charge in [-0.05, 0) is 31.7 Å². The summed E-state index contributed by atoms with van der Waals surface area (Å²) >= 11 is 0. The Morgan fingerprint density at radius 2 is 2.19 bits per heavy atom. The maximum Gasteiger partial charge on any atom is 0.303 e. The van der Waals surface area contributed by atoms with Crippen LogP contribution < -0.4 is 0 Å². The smallest absolute Gasteiger partial charge is 0.303 e. The normalized spacial score (nSPS) is 11.8. The number of carboxylic acids is 1. The number of carboxylic acid groups (broad SMARTS) is 1. The Bertz CT molecular complexity index is 380. The Balaban J connectivity index is 2.82. The molecule has 0 fully saturated rings. The molecular weight excluding hydrogens is 204 g/mol. The second-order valence-electron chi connectivity index (χ2n) is 5.00. The van der Waals surface area contributed by atoms with Crippen LogP contribution in [-0.2, 0) is 17.8 Å². The summed E-state index contributed by atoms with van der Waals surface area (Å²) in [6.07, 6.45) is 0.926. The van der Waals surface area contributed by atoms with E-state index in [1.54, 1.807) is 0 Å². The van der Waals surface area contributed by atoms with E-state index in [0.717, 1.165) is 24.4 Å². The fourth-order valence-corrected chi connectivity index (χ4v) is 1.98. The molecule has 0 amide bonds. The first-order valence-corrected chi connectivity index (χ1v) is 5.59. The molecule has 4 heteroatoms. The molecule has 0 atom stereocenters. The van der Waals surface area contributed by atoms with Crippen LogP contribution in [0.4, 0.5) is 0 Å². The van der Waals surface area contributed by atoms with Crippen LogP contribution in [0.25, 0.3) is 0 Å². The van der Waals surface area contributed by atoms with E-state index in [1.165, 1.54) is 0 Å². The van der Waals surface area contributed by atoms with Gasteiger partial charge in [-0.3, -0.25) is 9.48 Å². The summed E-state index contributed by atoms with van der Waals surface area (Å²) in [7, 11) is 0. The highest BCUT2D eigenvalue weighted by Gasteiger charge is 2.24. The highest BCUT2D eigenvalue weighted by molar-refractivity contribution is 5.67. The van der Waals surface area contributed by atoms with Crippen LogP contribution in [0.3, 0.4) is 0 Å². The quantitative estimate of drug-likeness (QED) is 0.834. The van der Waals surface area contributed by atoms with Gasteiger partial charge >= 0.3 is 5.97 Å². The molecule has 1 N–H and O–H groups in total. The molecular formula is C12H20N2O2. The molecule has 0 unspecified atom stereocenters. The van der Waals surface area contributed by atoms with Crippen molar-refractivity contribution in [2.45, 2.75) is 47.1 Å². The maximum absolute atomic E-state index is 10.7. The third-order valence-electron chi connectivity index (χ3n) is 2.57. The number of rotatable bonds is 5. The van der Waals surface area contributed by atoms with Crippen molar-refractivity contribution in [1.29, 1.82) is 0 Å². The fraction of sp³-hybridized carbons (Fsp3) is 0.667. The fourth-order valence-electron chi connectivity index (χ4n) is 1.98. The number of nitrogens with zero attached hydrogens (tertiary/aromatic N) is 2. The molecule has 0 radical (unpaired) electrons. The third kappa shape index (κ3) is 3.36. The molecule has 1 heterocycles. The van der Waals surface area contributed by atoms with Crippen molar-refractivity contribution >= 4 is 5.97 Å². The topological polar surface area (TPSA) is 55.1 Å². The molecule has 90 valence electrons. The van der Waals surface area contributed by atoms with Crippen molar-refractivity contribution in [2.24, 2.45) is 5.41 Å². The summed E-state index contributed by atoms with van der Waals surface area (Å²) in [6, 6.07) is 2.03. The Morgan fingerprint density at radius 1 is 1.56 bits per heavy atom. The van der Waals surface area contributed by atoms with Crippen LogP contribution in [0.5, 0.6) is 0 Å². The molecule has 4 nitrogen and oxygen atoms in total. The summed E-state index contributed by atoms with van der Waals surface area (Å²) in [6.45, 7) is 8.78. The number of aryl methyl sites for hydroxylation is 2. The minimum atomic E-state index is -0.746. The summed E-state index contributed by atoms with van der Waals surface area (Å²) in [4.78, 5) is 10.7. The summed E-state index contributed by atoms with van der Waals surface area (Å²) in [5.41, 5.74) is 1.87. The van der Waals surface area contributed by atoms with Crippen molar-refractivity contribution in [3.8, 4) is 0 Å². The highest BCUT2D eigenvalue weighted by Crippen LogP contribution is 2.26. The number of carbonyl (C=O) groups is 1. The van der Waals surface area contributed by atoms with Gasteiger partial charge < -0.3 is 5.11 Å². The lowest BCUT2D eigenvalue weighted by molar-refractivity contribution is -0.139. The SMILES string of the molecule is CCn1nc(C)cc1CC(C)(C)CC(=O)O. The lowest BCUT2D eigenvalue weighted by Crippen LogP contribution is -2.21. The Labute approximate surface area is 96.3 Å². The molecule has 0 aliphatic heterocycles. The van der Waals surface area contributed by atoms with Crippen LogP contribution in [0, 0.1) is 12.3 Å². The largest absolute Gasteiger partial charge is 0.481 e. The van der Waals surface area contributed by atoms with E-state index in [-0.39, 0.29) is 11.8 Å². The van der Waals surface area contributed by atoms with Crippen molar-refractivity contribution in [3.63, 3.8) is 0 Å². The number of hydrogen-bond acceptors (Lipinski definition) is 2. The Morgan fingerprint density at radius 3 is 2.69 bits per heavy atom. The minimum absolute atomic E-state index is 0.181. The lowest BCUT2D eigenvalue weighted by Gasteiger charge is -2.22. The van der Waals surface area contributed by atoms with E-state index >= 15 is 0 Å².